The molecule has 126 valence electrons. The van der Waals surface area contributed by atoms with Gasteiger partial charge in [-0.3, -0.25) is 4.79 Å². The fraction of sp³-hybridized carbons (Fsp3) is 0.0500. The van der Waals surface area contributed by atoms with Crippen LogP contribution in [0.15, 0.2) is 72.8 Å². The number of nitrogens with one attached hydrogen (secondary N) is 1. The van der Waals surface area contributed by atoms with Gasteiger partial charge in [0.05, 0.1) is 15.7 Å². The molecule has 0 unspecified atom stereocenters. The first-order chi connectivity index (χ1) is 12.1. The van der Waals surface area contributed by atoms with Crippen LogP contribution in [0.5, 0.6) is 5.75 Å². The molecule has 1 amide bonds. The van der Waals surface area contributed by atoms with Gasteiger partial charge < -0.3 is 10.1 Å². The molecule has 3 nitrogen and oxygen atoms in total. The van der Waals surface area contributed by atoms with Gasteiger partial charge in [-0.15, -0.1) is 0 Å². The van der Waals surface area contributed by atoms with Crippen molar-refractivity contribution in [3.8, 4) is 5.75 Å². The van der Waals surface area contributed by atoms with Crippen LogP contribution in [-0.4, -0.2) is 5.91 Å². The van der Waals surface area contributed by atoms with Crippen LogP contribution in [0.3, 0.4) is 0 Å². The predicted octanol–water partition coefficient (Wildman–Crippen LogP) is 5.82. The molecule has 0 atom stereocenters. The van der Waals surface area contributed by atoms with Crippen molar-refractivity contribution in [2.24, 2.45) is 0 Å². The number of carbonyl (C=O) groups excluding carboxylic acids is 1. The lowest BCUT2D eigenvalue weighted by Gasteiger charge is -2.10. The summed E-state index contributed by atoms with van der Waals surface area (Å²) in [5.74, 6) is 0.336. The van der Waals surface area contributed by atoms with E-state index in [-0.39, 0.29) is 5.91 Å². The molecule has 0 aromatic heterocycles. The second-order valence-corrected chi connectivity index (χ2v) is 6.14. The third kappa shape index (κ3) is 4.53. The molecule has 5 heteroatoms. The number of carbonyl (C=O) groups is 1. The average molecular weight is 372 g/mol. The van der Waals surface area contributed by atoms with E-state index in [1.807, 2.05) is 36.4 Å². The Bertz CT molecular complexity index is 882. The molecule has 0 saturated carbocycles. The van der Waals surface area contributed by atoms with Gasteiger partial charge in [-0.05, 0) is 35.9 Å². The number of amides is 1. The van der Waals surface area contributed by atoms with Crippen LogP contribution < -0.4 is 10.1 Å². The van der Waals surface area contributed by atoms with Gasteiger partial charge in [-0.1, -0.05) is 65.7 Å². The predicted molar refractivity (Wildman–Crippen MR) is 102 cm³/mol. The van der Waals surface area contributed by atoms with E-state index in [9.17, 15) is 4.79 Å². The first-order valence-electron chi connectivity index (χ1n) is 7.65. The monoisotopic (exact) mass is 371 g/mol. The van der Waals surface area contributed by atoms with Crippen LogP contribution in [0, 0.1) is 0 Å². The largest absolute Gasteiger partial charge is 0.489 e. The van der Waals surface area contributed by atoms with E-state index in [0.717, 1.165) is 5.56 Å². The Morgan fingerprint density at radius 1 is 0.920 bits per heavy atom. The smallest absolute Gasteiger partial charge is 0.255 e. The molecule has 0 heterocycles. The fourth-order valence-electron chi connectivity index (χ4n) is 2.26. The molecule has 1 N–H and O–H groups in total. The zero-order chi connectivity index (χ0) is 17.6. The van der Waals surface area contributed by atoms with Crippen molar-refractivity contribution in [3.05, 3.63) is 94.0 Å². The quantitative estimate of drug-likeness (QED) is 0.612. The van der Waals surface area contributed by atoms with Gasteiger partial charge in [-0.2, -0.15) is 0 Å². The summed E-state index contributed by atoms with van der Waals surface area (Å²) < 4.78 is 5.75. The maximum Gasteiger partial charge on any atom is 0.255 e. The van der Waals surface area contributed by atoms with Gasteiger partial charge in [0.2, 0.25) is 0 Å². The van der Waals surface area contributed by atoms with Crippen molar-refractivity contribution in [3.63, 3.8) is 0 Å². The van der Waals surface area contributed by atoms with Crippen molar-refractivity contribution in [1.29, 1.82) is 0 Å². The first kappa shape index (κ1) is 17.3. The standard InChI is InChI=1S/C20H15Cl2NO2/c21-17-10-5-11-18(19(17)22)23-20(24)15-8-4-9-16(12-15)25-13-14-6-2-1-3-7-14/h1-12H,13H2,(H,23,24). The van der Waals surface area contributed by atoms with Crippen LogP contribution in [0.2, 0.25) is 10.0 Å². The Labute approximate surface area is 156 Å². The molecule has 0 saturated heterocycles. The summed E-state index contributed by atoms with van der Waals surface area (Å²) >= 11 is 12.1. The molecular formula is C20H15Cl2NO2. The highest BCUT2D eigenvalue weighted by Crippen LogP contribution is 2.30. The number of ether oxygens (including phenoxy) is 1. The van der Waals surface area contributed by atoms with Crippen molar-refractivity contribution in [1.82, 2.24) is 0 Å². The third-order valence-corrected chi connectivity index (χ3v) is 4.36. The normalized spacial score (nSPS) is 10.3. The Kier molecular flexibility index (Phi) is 5.59. The van der Waals surface area contributed by atoms with Crippen LogP contribution in [0.1, 0.15) is 15.9 Å². The second-order valence-electron chi connectivity index (χ2n) is 5.36. The molecule has 3 aromatic carbocycles. The maximum absolute atomic E-state index is 12.4. The Morgan fingerprint density at radius 3 is 2.48 bits per heavy atom. The van der Waals surface area contributed by atoms with Crippen LogP contribution in [-0.2, 0) is 6.61 Å². The number of hydrogen-bond acceptors (Lipinski definition) is 2. The van der Waals surface area contributed by atoms with E-state index in [1.165, 1.54) is 0 Å². The number of benzene rings is 3. The molecule has 3 rings (SSSR count). The summed E-state index contributed by atoms with van der Waals surface area (Å²) in [4.78, 5) is 12.4. The molecule has 3 aromatic rings. The highest BCUT2D eigenvalue weighted by Gasteiger charge is 2.11. The van der Waals surface area contributed by atoms with Gasteiger partial charge in [0.25, 0.3) is 5.91 Å². The summed E-state index contributed by atoms with van der Waals surface area (Å²) in [6.07, 6.45) is 0. The summed E-state index contributed by atoms with van der Waals surface area (Å²) in [6.45, 7) is 0.437. The molecule has 0 aliphatic rings. The minimum atomic E-state index is -0.283. The maximum atomic E-state index is 12.4. The number of rotatable bonds is 5. The molecule has 0 aliphatic carbocycles. The molecular weight excluding hydrogens is 357 g/mol. The second kappa shape index (κ2) is 8.06. The van der Waals surface area contributed by atoms with Crippen molar-refractivity contribution >= 4 is 34.8 Å². The molecule has 0 radical (unpaired) electrons. The molecule has 25 heavy (non-hydrogen) atoms. The van der Waals surface area contributed by atoms with Crippen LogP contribution in [0.4, 0.5) is 5.69 Å². The van der Waals surface area contributed by atoms with Gasteiger partial charge in [-0.25, -0.2) is 0 Å². The first-order valence-corrected chi connectivity index (χ1v) is 8.41. The average Bonchev–Trinajstić information content (AvgIpc) is 2.65. The third-order valence-electron chi connectivity index (χ3n) is 3.54. The zero-order valence-electron chi connectivity index (χ0n) is 13.2. The highest BCUT2D eigenvalue weighted by molar-refractivity contribution is 6.44. The topological polar surface area (TPSA) is 38.3 Å². The van der Waals surface area contributed by atoms with E-state index < -0.39 is 0 Å². The van der Waals surface area contributed by atoms with Crippen LogP contribution in [0.25, 0.3) is 0 Å². The number of halogens is 2. The SMILES string of the molecule is O=C(Nc1cccc(Cl)c1Cl)c1cccc(OCc2ccccc2)c1. The van der Waals surface area contributed by atoms with E-state index in [2.05, 4.69) is 5.32 Å². The lowest BCUT2D eigenvalue weighted by atomic mass is 10.2. The van der Waals surface area contributed by atoms with Gasteiger partial charge >= 0.3 is 0 Å². The Hall–Kier alpha value is -2.49. The van der Waals surface area contributed by atoms with Gasteiger partial charge in [0.15, 0.2) is 0 Å². The highest BCUT2D eigenvalue weighted by atomic mass is 35.5. The zero-order valence-corrected chi connectivity index (χ0v) is 14.7. The number of anilines is 1. The number of hydrogen-bond donors (Lipinski definition) is 1. The molecule has 0 fully saturated rings. The Morgan fingerprint density at radius 2 is 1.68 bits per heavy atom. The van der Waals surface area contributed by atoms with Crippen molar-refractivity contribution in [2.45, 2.75) is 6.61 Å². The van der Waals surface area contributed by atoms with Crippen molar-refractivity contribution < 1.29 is 9.53 Å². The van der Waals surface area contributed by atoms with E-state index >= 15 is 0 Å². The molecule has 0 aliphatic heterocycles. The molecule has 0 bridgehead atoms. The van der Waals surface area contributed by atoms with E-state index in [4.69, 9.17) is 27.9 Å². The van der Waals surface area contributed by atoms with Gasteiger partial charge in [0, 0.05) is 5.56 Å². The minimum absolute atomic E-state index is 0.283. The minimum Gasteiger partial charge on any atom is -0.489 e. The Balaban J connectivity index is 1.70. The lowest BCUT2D eigenvalue weighted by molar-refractivity contribution is 0.102. The van der Waals surface area contributed by atoms with Gasteiger partial charge in [0.1, 0.15) is 12.4 Å². The summed E-state index contributed by atoms with van der Waals surface area (Å²) in [7, 11) is 0. The van der Waals surface area contributed by atoms with E-state index in [0.29, 0.717) is 33.7 Å². The van der Waals surface area contributed by atoms with Crippen LogP contribution >= 0.6 is 23.2 Å². The summed E-state index contributed by atoms with van der Waals surface area (Å²) in [5.41, 5.74) is 2.00. The lowest BCUT2D eigenvalue weighted by Crippen LogP contribution is -2.12. The summed E-state index contributed by atoms with van der Waals surface area (Å²) in [6, 6.07) is 21.9. The fourth-order valence-corrected chi connectivity index (χ4v) is 2.61. The van der Waals surface area contributed by atoms with E-state index in [1.54, 1.807) is 36.4 Å². The summed E-state index contributed by atoms with van der Waals surface area (Å²) in [5, 5.41) is 3.46. The molecule has 0 spiro atoms. The van der Waals surface area contributed by atoms with Crippen molar-refractivity contribution in [2.75, 3.05) is 5.32 Å².